The van der Waals surface area contributed by atoms with Crippen LogP contribution in [-0.4, -0.2) is 50.6 Å². The summed E-state index contributed by atoms with van der Waals surface area (Å²) in [6, 6.07) is 0. The molecule has 0 aliphatic heterocycles. The number of nitrogens with one attached hydrogen (secondary N) is 2. The summed E-state index contributed by atoms with van der Waals surface area (Å²) in [6.45, 7) is 8.65. The summed E-state index contributed by atoms with van der Waals surface area (Å²) in [4.78, 5) is 4.26. The zero-order valence-electron chi connectivity index (χ0n) is 15.3. The Kier molecular flexibility index (Phi) is 6.34. The van der Waals surface area contributed by atoms with Crippen molar-refractivity contribution in [3.63, 3.8) is 0 Å². The number of aryl methyl sites for hydroxylation is 3. The highest BCUT2D eigenvalue weighted by atomic mass is 15.3. The van der Waals surface area contributed by atoms with Crippen LogP contribution in [0.25, 0.3) is 0 Å². The average molecular weight is 332 g/mol. The highest BCUT2D eigenvalue weighted by Gasteiger charge is 2.09. The molecule has 24 heavy (non-hydrogen) atoms. The molecule has 0 saturated heterocycles. The maximum absolute atomic E-state index is 4.45. The van der Waals surface area contributed by atoms with Gasteiger partial charge in [-0.1, -0.05) is 6.92 Å². The van der Waals surface area contributed by atoms with E-state index in [4.69, 9.17) is 0 Å². The molecule has 2 N–H and O–H groups in total. The Morgan fingerprint density at radius 3 is 2.62 bits per heavy atom. The number of guanidine groups is 1. The molecule has 2 rings (SSSR count). The van der Waals surface area contributed by atoms with Gasteiger partial charge in [0.05, 0.1) is 5.69 Å². The Morgan fingerprint density at radius 2 is 2.00 bits per heavy atom. The van der Waals surface area contributed by atoms with Crippen molar-refractivity contribution in [1.29, 1.82) is 0 Å². The van der Waals surface area contributed by atoms with Crippen molar-refractivity contribution in [2.45, 2.75) is 40.2 Å². The minimum absolute atomic E-state index is 0.773. The number of aliphatic imine (C=N–C) groups is 1. The third-order valence-electron chi connectivity index (χ3n) is 4.21. The van der Waals surface area contributed by atoms with E-state index in [2.05, 4.69) is 56.3 Å². The molecule has 8 nitrogen and oxygen atoms in total. The first-order valence-corrected chi connectivity index (χ1v) is 8.37. The molecule has 0 amide bonds. The molecule has 0 atom stereocenters. The number of hydrogen-bond donors (Lipinski definition) is 2. The molecular weight excluding hydrogens is 304 g/mol. The van der Waals surface area contributed by atoms with Crippen LogP contribution in [0.2, 0.25) is 0 Å². The lowest BCUT2D eigenvalue weighted by molar-refractivity contribution is 0.632. The van der Waals surface area contributed by atoms with Crippen LogP contribution >= 0.6 is 0 Å². The molecule has 132 valence electrons. The quantitative estimate of drug-likeness (QED) is 0.573. The largest absolute Gasteiger partial charge is 0.356 e. The van der Waals surface area contributed by atoms with Gasteiger partial charge in [-0.25, -0.2) is 0 Å². The Morgan fingerprint density at radius 1 is 1.25 bits per heavy atom. The fourth-order valence-corrected chi connectivity index (χ4v) is 2.74. The summed E-state index contributed by atoms with van der Waals surface area (Å²) in [5.74, 6) is 1.81. The molecular formula is C16H28N8. The smallest absolute Gasteiger partial charge is 0.191 e. The third-order valence-corrected chi connectivity index (χ3v) is 4.21. The van der Waals surface area contributed by atoms with E-state index in [1.807, 2.05) is 11.7 Å². The fraction of sp³-hybridized carbons (Fsp3) is 0.625. The molecule has 0 bridgehead atoms. The second kappa shape index (κ2) is 8.47. The standard InChI is InChI=1S/C16H28N8/c1-6-15-21-20-11-24(15)10-9-19-16(17-4)18-8-7-14-12(2)22-23(5)13(14)3/h11H,6-10H2,1-5H3,(H2,17,18,19). The lowest BCUT2D eigenvalue weighted by atomic mass is 10.1. The summed E-state index contributed by atoms with van der Waals surface area (Å²) >= 11 is 0. The minimum Gasteiger partial charge on any atom is -0.356 e. The molecule has 0 aliphatic rings. The number of aromatic nitrogens is 5. The Bertz CT molecular complexity index is 682. The van der Waals surface area contributed by atoms with E-state index in [1.54, 1.807) is 13.4 Å². The highest BCUT2D eigenvalue weighted by molar-refractivity contribution is 5.79. The van der Waals surface area contributed by atoms with Crippen molar-refractivity contribution in [3.8, 4) is 0 Å². The zero-order valence-corrected chi connectivity index (χ0v) is 15.3. The van der Waals surface area contributed by atoms with Gasteiger partial charge in [0.1, 0.15) is 12.2 Å². The van der Waals surface area contributed by atoms with Crippen LogP contribution in [0.15, 0.2) is 11.3 Å². The van der Waals surface area contributed by atoms with E-state index in [9.17, 15) is 0 Å². The molecule has 0 saturated carbocycles. The van der Waals surface area contributed by atoms with E-state index >= 15 is 0 Å². The van der Waals surface area contributed by atoms with Gasteiger partial charge in [-0.3, -0.25) is 9.67 Å². The van der Waals surface area contributed by atoms with E-state index < -0.39 is 0 Å². The SMILES string of the molecule is CCc1nncn1CCNC(=NC)NCCc1c(C)nn(C)c1C. The maximum atomic E-state index is 4.45. The van der Waals surface area contributed by atoms with Gasteiger partial charge in [-0.2, -0.15) is 5.10 Å². The van der Waals surface area contributed by atoms with Crippen LogP contribution in [0.1, 0.15) is 29.7 Å². The Balaban J connectivity index is 1.76. The van der Waals surface area contributed by atoms with Gasteiger partial charge in [0.25, 0.3) is 0 Å². The predicted octanol–water partition coefficient (Wildman–Crippen LogP) is 0.599. The van der Waals surface area contributed by atoms with Crippen molar-refractivity contribution in [3.05, 3.63) is 29.1 Å². The molecule has 0 fully saturated rings. The topological polar surface area (TPSA) is 84.9 Å². The van der Waals surface area contributed by atoms with Crippen molar-refractivity contribution in [2.24, 2.45) is 12.0 Å². The maximum Gasteiger partial charge on any atom is 0.191 e. The van der Waals surface area contributed by atoms with Gasteiger partial charge < -0.3 is 15.2 Å². The fourth-order valence-electron chi connectivity index (χ4n) is 2.74. The van der Waals surface area contributed by atoms with E-state index in [0.29, 0.717) is 0 Å². The van der Waals surface area contributed by atoms with Crippen molar-refractivity contribution < 1.29 is 0 Å². The number of nitrogens with zero attached hydrogens (tertiary/aromatic N) is 6. The molecule has 8 heteroatoms. The minimum atomic E-state index is 0.773. The van der Waals surface area contributed by atoms with Crippen LogP contribution in [0.4, 0.5) is 0 Å². The van der Waals surface area contributed by atoms with Crippen LogP contribution in [0.5, 0.6) is 0 Å². The third kappa shape index (κ3) is 4.33. The van der Waals surface area contributed by atoms with Crippen LogP contribution in [-0.2, 0) is 26.4 Å². The first-order chi connectivity index (χ1) is 11.6. The Hall–Kier alpha value is -2.38. The predicted molar refractivity (Wildman–Crippen MR) is 95.2 cm³/mol. The summed E-state index contributed by atoms with van der Waals surface area (Å²) < 4.78 is 3.99. The van der Waals surface area contributed by atoms with Gasteiger partial charge in [0, 0.05) is 45.8 Å². The molecule has 2 heterocycles. The van der Waals surface area contributed by atoms with Gasteiger partial charge in [0.15, 0.2) is 5.96 Å². The highest BCUT2D eigenvalue weighted by Crippen LogP contribution is 2.11. The second-order valence-electron chi connectivity index (χ2n) is 5.74. The first kappa shape index (κ1) is 18.0. The molecule has 0 spiro atoms. The summed E-state index contributed by atoms with van der Waals surface area (Å²) in [5.41, 5.74) is 3.62. The molecule has 0 radical (unpaired) electrons. The molecule has 0 aliphatic carbocycles. The molecule has 0 aromatic carbocycles. The summed E-state index contributed by atoms with van der Waals surface area (Å²) in [7, 11) is 3.77. The van der Waals surface area contributed by atoms with E-state index in [0.717, 1.165) is 50.0 Å². The number of rotatable bonds is 7. The first-order valence-electron chi connectivity index (χ1n) is 8.37. The summed E-state index contributed by atoms with van der Waals surface area (Å²) in [5, 5.41) is 19.2. The average Bonchev–Trinajstić information content (AvgIpc) is 3.12. The molecule has 2 aromatic heterocycles. The van der Waals surface area contributed by atoms with Crippen LogP contribution < -0.4 is 10.6 Å². The normalized spacial score (nSPS) is 11.8. The van der Waals surface area contributed by atoms with Crippen molar-refractivity contribution in [2.75, 3.05) is 20.1 Å². The van der Waals surface area contributed by atoms with Gasteiger partial charge in [-0.05, 0) is 25.8 Å². The zero-order chi connectivity index (χ0) is 17.5. The van der Waals surface area contributed by atoms with Crippen LogP contribution in [0, 0.1) is 13.8 Å². The second-order valence-corrected chi connectivity index (χ2v) is 5.74. The Labute approximate surface area is 143 Å². The van der Waals surface area contributed by atoms with E-state index in [1.165, 1.54) is 11.3 Å². The molecule has 2 aromatic rings. The van der Waals surface area contributed by atoms with Gasteiger partial charge in [-0.15, -0.1) is 10.2 Å². The van der Waals surface area contributed by atoms with Crippen LogP contribution in [0.3, 0.4) is 0 Å². The lowest BCUT2D eigenvalue weighted by Gasteiger charge is -2.12. The molecule has 0 unspecified atom stereocenters. The van der Waals surface area contributed by atoms with Gasteiger partial charge >= 0.3 is 0 Å². The van der Waals surface area contributed by atoms with E-state index in [-0.39, 0.29) is 0 Å². The van der Waals surface area contributed by atoms with Crippen molar-refractivity contribution in [1.82, 2.24) is 35.2 Å². The monoisotopic (exact) mass is 332 g/mol. The van der Waals surface area contributed by atoms with Crippen molar-refractivity contribution >= 4 is 5.96 Å². The van der Waals surface area contributed by atoms with Gasteiger partial charge in [0.2, 0.25) is 0 Å². The lowest BCUT2D eigenvalue weighted by Crippen LogP contribution is -2.39. The number of hydrogen-bond acceptors (Lipinski definition) is 4. The summed E-state index contributed by atoms with van der Waals surface area (Å²) in [6.07, 6.45) is 3.58.